The summed E-state index contributed by atoms with van der Waals surface area (Å²) in [5.74, 6) is -0.676. The highest BCUT2D eigenvalue weighted by molar-refractivity contribution is 5.78. The number of unbranched alkanes of at least 4 members (excludes halogenated alkanes) is 8. The molecule has 0 fully saturated rings. The fraction of sp³-hybridized carbons (Fsp3) is 0.808. The van der Waals surface area contributed by atoms with Gasteiger partial charge in [0.2, 0.25) is 24.1 Å². The summed E-state index contributed by atoms with van der Waals surface area (Å²) in [6.45, 7) is 3.92. The average molecular weight is 579 g/mol. The minimum atomic E-state index is -0.368. The van der Waals surface area contributed by atoms with Gasteiger partial charge in [-0.15, -0.1) is 0 Å². The van der Waals surface area contributed by atoms with Crippen LogP contribution in [0.5, 0.6) is 0 Å². The normalized spacial score (nSPS) is 9.97. The van der Waals surface area contributed by atoms with Crippen LogP contribution in [0.15, 0.2) is 0 Å². The number of nitrogens with two attached hydrogens (primary N) is 2. The number of carbonyl (C=O) groups excluding carboxylic acids is 5. The molecular formula is C26H54N6O8. The zero-order chi connectivity index (χ0) is 31.0. The van der Waals surface area contributed by atoms with Crippen molar-refractivity contribution in [1.29, 1.82) is 0 Å². The number of hydrogen-bond acceptors (Lipinski definition) is 10. The third-order valence-corrected chi connectivity index (χ3v) is 5.46. The molecule has 236 valence electrons. The van der Waals surface area contributed by atoms with Crippen molar-refractivity contribution in [1.82, 2.24) is 20.5 Å². The largest absolute Gasteiger partial charge is 0.372 e. The Morgan fingerprint density at radius 3 is 1.80 bits per heavy atom. The van der Waals surface area contributed by atoms with E-state index in [0.29, 0.717) is 50.6 Å². The first kappa shape index (κ1) is 41.8. The molecule has 0 spiro atoms. The molecule has 40 heavy (non-hydrogen) atoms. The second kappa shape index (κ2) is 32.6. The van der Waals surface area contributed by atoms with Crippen molar-refractivity contribution in [3.05, 3.63) is 0 Å². The van der Waals surface area contributed by atoms with Gasteiger partial charge in [0, 0.05) is 59.4 Å². The lowest BCUT2D eigenvalue weighted by Gasteiger charge is -2.14. The van der Waals surface area contributed by atoms with Gasteiger partial charge in [-0.1, -0.05) is 25.7 Å². The highest BCUT2D eigenvalue weighted by Crippen LogP contribution is 2.07. The second-order valence-electron chi connectivity index (χ2n) is 9.16. The molecule has 14 heteroatoms. The van der Waals surface area contributed by atoms with Gasteiger partial charge in [0.1, 0.15) is 6.29 Å². The Balaban J connectivity index is -0.000000629. The minimum Gasteiger partial charge on any atom is -0.372 e. The van der Waals surface area contributed by atoms with Crippen LogP contribution in [0.3, 0.4) is 0 Å². The van der Waals surface area contributed by atoms with Crippen LogP contribution in [0.4, 0.5) is 0 Å². The van der Waals surface area contributed by atoms with Crippen LogP contribution in [-0.2, 0) is 24.0 Å². The summed E-state index contributed by atoms with van der Waals surface area (Å²) in [6, 6.07) is 0. The summed E-state index contributed by atoms with van der Waals surface area (Å²) in [4.78, 5) is 51.9. The van der Waals surface area contributed by atoms with Crippen LogP contribution < -0.4 is 16.8 Å². The summed E-state index contributed by atoms with van der Waals surface area (Å²) < 4.78 is 0. The number of hydroxylamine groups is 6. The fourth-order valence-electron chi connectivity index (χ4n) is 3.21. The van der Waals surface area contributed by atoms with Gasteiger partial charge in [0.05, 0.1) is 0 Å². The molecule has 0 rings (SSSR count). The zero-order valence-electron chi connectivity index (χ0n) is 24.5. The Labute approximate surface area is 238 Å². The Kier molecular flexibility index (Phi) is 34.0. The van der Waals surface area contributed by atoms with Crippen molar-refractivity contribution in [3.8, 4) is 0 Å². The van der Waals surface area contributed by atoms with E-state index in [-0.39, 0.29) is 37.0 Å². The van der Waals surface area contributed by atoms with Gasteiger partial charge in [0.15, 0.2) is 0 Å². The molecule has 0 aromatic carbocycles. The maximum absolute atomic E-state index is 11.6. The standard InChI is InChI=1S/C14H31N3O3.C11H20N2O4.CH3NO/c1-16(19)12-8-4-2-3-6-10-14(18)17(20)13-9-5-7-11-15;1-10(15)13(17)8-4-2-3-7-12-11(16)6-5-9-14;2-1-3/h19-20H,2-13,15H2,1H3;9,17H,2-8H2,1H3,(H,12,16);1H,(H2,2,3). The molecule has 0 saturated heterocycles. The van der Waals surface area contributed by atoms with E-state index in [4.69, 9.17) is 20.9 Å². The van der Waals surface area contributed by atoms with Crippen molar-refractivity contribution in [3.63, 3.8) is 0 Å². The van der Waals surface area contributed by atoms with E-state index in [1.165, 1.54) is 12.0 Å². The van der Waals surface area contributed by atoms with E-state index in [1.807, 2.05) is 0 Å². The molecule has 0 aromatic rings. The number of aldehydes is 1. The third kappa shape index (κ3) is 35.4. The Bertz CT molecular complexity index is 640. The van der Waals surface area contributed by atoms with Gasteiger partial charge in [-0.25, -0.2) is 10.1 Å². The Morgan fingerprint density at radius 1 is 0.750 bits per heavy atom. The summed E-state index contributed by atoms with van der Waals surface area (Å²) in [7, 11) is 1.64. The summed E-state index contributed by atoms with van der Waals surface area (Å²) in [6.07, 6.45) is 11.7. The van der Waals surface area contributed by atoms with E-state index < -0.39 is 0 Å². The van der Waals surface area contributed by atoms with Crippen molar-refractivity contribution < 1.29 is 39.6 Å². The quantitative estimate of drug-likeness (QED) is 0.0471. The molecule has 0 unspecified atom stereocenters. The van der Waals surface area contributed by atoms with Crippen molar-refractivity contribution >= 4 is 30.4 Å². The first-order valence-corrected chi connectivity index (χ1v) is 14.0. The van der Waals surface area contributed by atoms with E-state index in [2.05, 4.69) is 11.1 Å². The van der Waals surface area contributed by atoms with Gasteiger partial charge >= 0.3 is 0 Å². The number of nitrogens with one attached hydrogen (secondary N) is 1. The van der Waals surface area contributed by atoms with Crippen LogP contribution in [0.25, 0.3) is 0 Å². The van der Waals surface area contributed by atoms with E-state index in [1.54, 1.807) is 7.05 Å². The topological polar surface area (TPSA) is 220 Å². The molecule has 0 aliphatic carbocycles. The minimum absolute atomic E-state index is 0.121. The van der Waals surface area contributed by atoms with Crippen LogP contribution in [0, 0.1) is 0 Å². The molecule has 0 bridgehead atoms. The second-order valence-corrected chi connectivity index (χ2v) is 9.16. The molecule has 0 heterocycles. The molecule has 0 saturated carbocycles. The Hall–Kier alpha value is -2.65. The maximum atomic E-state index is 11.6. The van der Waals surface area contributed by atoms with E-state index >= 15 is 0 Å². The first-order chi connectivity index (χ1) is 19.1. The highest BCUT2D eigenvalue weighted by Gasteiger charge is 2.09. The summed E-state index contributed by atoms with van der Waals surface area (Å²) in [5.41, 5.74) is 9.54. The molecule has 0 aliphatic rings. The lowest BCUT2D eigenvalue weighted by Crippen LogP contribution is -2.28. The monoisotopic (exact) mass is 578 g/mol. The molecule has 4 amide bonds. The summed E-state index contributed by atoms with van der Waals surface area (Å²) >= 11 is 0. The lowest BCUT2D eigenvalue weighted by atomic mass is 10.1. The summed E-state index contributed by atoms with van der Waals surface area (Å²) in [5, 5.41) is 32.9. The Morgan fingerprint density at radius 2 is 1.25 bits per heavy atom. The molecule has 0 radical (unpaired) electrons. The smallest absolute Gasteiger partial charge is 0.245 e. The predicted octanol–water partition coefficient (Wildman–Crippen LogP) is 1.59. The number of amides is 4. The molecule has 0 aromatic heterocycles. The molecule has 0 atom stereocenters. The van der Waals surface area contributed by atoms with Gasteiger partial charge < -0.3 is 26.8 Å². The predicted molar refractivity (Wildman–Crippen MR) is 150 cm³/mol. The lowest BCUT2D eigenvalue weighted by molar-refractivity contribution is -0.165. The van der Waals surface area contributed by atoms with Gasteiger partial charge in [0.25, 0.3) is 0 Å². The number of rotatable bonds is 22. The number of nitrogens with zero attached hydrogens (tertiary/aromatic N) is 3. The molecule has 14 nitrogen and oxygen atoms in total. The maximum Gasteiger partial charge on any atom is 0.245 e. The van der Waals surface area contributed by atoms with Crippen LogP contribution in [0.1, 0.15) is 96.8 Å². The number of carbonyl (C=O) groups is 5. The zero-order valence-corrected chi connectivity index (χ0v) is 24.5. The third-order valence-electron chi connectivity index (χ3n) is 5.46. The van der Waals surface area contributed by atoms with E-state index in [9.17, 15) is 24.4 Å². The van der Waals surface area contributed by atoms with Crippen molar-refractivity contribution in [2.75, 3.05) is 39.8 Å². The van der Waals surface area contributed by atoms with Crippen LogP contribution >= 0.6 is 0 Å². The number of hydrogen-bond donors (Lipinski definition) is 6. The van der Waals surface area contributed by atoms with Gasteiger partial charge in [-0.2, -0.15) is 5.06 Å². The highest BCUT2D eigenvalue weighted by atomic mass is 16.5. The molecule has 0 aliphatic heterocycles. The molecule has 8 N–H and O–H groups in total. The van der Waals surface area contributed by atoms with Crippen LogP contribution in [0.2, 0.25) is 0 Å². The first-order valence-electron chi connectivity index (χ1n) is 14.0. The number of primary amides is 1. The average Bonchev–Trinajstić information content (AvgIpc) is 2.91. The SMILES string of the molecule is CC(=O)N(O)CCCCCNC(=O)CCC=O.CN(O)CCCCCCCC(=O)N(O)CCCCCN.NC=O. The van der Waals surface area contributed by atoms with Crippen molar-refractivity contribution in [2.24, 2.45) is 11.5 Å². The van der Waals surface area contributed by atoms with E-state index in [0.717, 1.165) is 75.6 Å². The molecular weight excluding hydrogens is 524 g/mol. The fourth-order valence-corrected chi connectivity index (χ4v) is 3.21. The van der Waals surface area contributed by atoms with Gasteiger partial charge in [-0.05, 0) is 51.5 Å². The van der Waals surface area contributed by atoms with Crippen LogP contribution in [-0.4, -0.2) is 101 Å². The van der Waals surface area contributed by atoms with Crippen molar-refractivity contribution in [2.45, 2.75) is 96.8 Å². The van der Waals surface area contributed by atoms with Gasteiger partial charge in [-0.3, -0.25) is 29.6 Å².